The van der Waals surface area contributed by atoms with Crippen molar-refractivity contribution in [2.45, 2.75) is 31.2 Å². The van der Waals surface area contributed by atoms with Gasteiger partial charge in [0, 0.05) is 5.56 Å². The Morgan fingerprint density at radius 3 is 2.66 bits per heavy atom. The molecule has 1 saturated carbocycles. The molecule has 148 valence electrons. The number of para-hydroxylation sites is 1. The zero-order valence-electron chi connectivity index (χ0n) is 15.1. The number of benzene rings is 2. The average molecular weight is 431 g/mol. The van der Waals surface area contributed by atoms with Gasteiger partial charge in [0.25, 0.3) is 0 Å². The summed E-state index contributed by atoms with van der Waals surface area (Å²) in [6.45, 7) is 0. The largest absolute Gasteiger partial charge is 0.455 e. The van der Waals surface area contributed by atoms with Crippen molar-refractivity contribution in [2.75, 3.05) is 5.32 Å². The maximum absolute atomic E-state index is 12.3. The molecule has 3 aromatic rings. The molecule has 2 heterocycles. The van der Waals surface area contributed by atoms with Crippen LogP contribution in [-0.4, -0.2) is 26.7 Å². The standard InChI is InChI=1S/C19H16Cl2N6O2/c20-11-6-7-13(14-15(11)22-18(28)23-19(14)8-1-2-9-19)29-16-10(4-3-5-12(16)21)17-24-26-27-25-17/h3-7H,1-2,8-9H2,(H2,22,23,28)(H,24,25,26,27). The van der Waals surface area contributed by atoms with E-state index in [1.165, 1.54) is 0 Å². The molecule has 2 aromatic carbocycles. The monoisotopic (exact) mass is 430 g/mol. The third-order valence-corrected chi connectivity index (χ3v) is 6.04. The minimum absolute atomic E-state index is 0.260. The lowest BCUT2D eigenvalue weighted by Gasteiger charge is -2.38. The summed E-state index contributed by atoms with van der Waals surface area (Å²) in [7, 11) is 0. The number of fused-ring (bicyclic) bond motifs is 2. The first-order chi connectivity index (χ1) is 14.1. The van der Waals surface area contributed by atoms with E-state index in [2.05, 4.69) is 31.3 Å². The molecule has 8 nitrogen and oxygen atoms in total. The van der Waals surface area contributed by atoms with Gasteiger partial charge in [-0.3, -0.25) is 0 Å². The Bertz CT molecular complexity index is 1100. The van der Waals surface area contributed by atoms with Crippen LogP contribution in [0, 0.1) is 0 Å². The fourth-order valence-electron chi connectivity index (χ4n) is 4.20. The number of hydrogen-bond donors (Lipinski definition) is 3. The van der Waals surface area contributed by atoms with E-state index in [1.807, 2.05) is 6.07 Å². The summed E-state index contributed by atoms with van der Waals surface area (Å²) in [5.41, 5.74) is 1.51. The van der Waals surface area contributed by atoms with E-state index in [0.29, 0.717) is 38.6 Å². The number of carbonyl (C=O) groups excluding carboxylic acids is 1. The number of anilines is 1. The highest BCUT2D eigenvalue weighted by Crippen LogP contribution is 2.51. The van der Waals surface area contributed by atoms with Crippen LogP contribution in [0.4, 0.5) is 10.5 Å². The van der Waals surface area contributed by atoms with Gasteiger partial charge in [-0.2, -0.15) is 0 Å². The number of aromatic amines is 1. The summed E-state index contributed by atoms with van der Waals surface area (Å²) in [6, 6.07) is 8.59. The Hall–Kier alpha value is -2.84. The number of aromatic nitrogens is 4. The van der Waals surface area contributed by atoms with Crippen LogP contribution >= 0.6 is 23.2 Å². The lowest BCUT2D eigenvalue weighted by molar-refractivity contribution is 0.232. The molecule has 1 aromatic heterocycles. The van der Waals surface area contributed by atoms with E-state index >= 15 is 0 Å². The predicted molar refractivity (Wildman–Crippen MR) is 108 cm³/mol. The van der Waals surface area contributed by atoms with Gasteiger partial charge < -0.3 is 15.4 Å². The van der Waals surface area contributed by atoms with Crippen molar-refractivity contribution in [1.82, 2.24) is 25.9 Å². The van der Waals surface area contributed by atoms with Crippen LogP contribution in [0.15, 0.2) is 30.3 Å². The first kappa shape index (κ1) is 18.2. The van der Waals surface area contributed by atoms with Gasteiger partial charge in [-0.25, -0.2) is 9.89 Å². The number of halogens is 2. The molecule has 5 rings (SSSR count). The maximum Gasteiger partial charge on any atom is 0.319 e. The number of ether oxygens (including phenoxy) is 1. The highest BCUT2D eigenvalue weighted by molar-refractivity contribution is 6.34. The molecule has 1 aliphatic heterocycles. The number of carbonyl (C=O) groups is 1. The molecule has 1 spiro atoms. The summed E-state index contributed by atoms with van der Waals surface area (Å²) < 4.78 is 6.34. The molecule has 1 fully saturated rings. The Balaban J connectivity index is 1.67. The SMILES string of the molecule is O=C1Nc2c(Cl)ccc(Oc3c(Cl)cccc3-c3nnn[nH]3)c2C2(CCCC2)N1. The number of urea groups is 1. The molecule has 0 saturated heterocycles. The van der Waals surface area contributed by atoms with Gasteiger partial charge in [0.2, 0.25) is 0 Å². The molecular formula is C19H16Cl2N6O2. The van der Waals surface area contributed by atoms with Crippen molar-refractivity contribution >= 4 is 34.9 Å². The summed E-state index contributed by atoms with van der Waals surface area (Å²) in [5, 5.41) is 20.8. The topological polar surface area (TPSA) is 105 Å². The molecule has 2 aliphatic rings. The van der Waals surface area contributed by atoms with Crippen molar-refractivity contribution in [3.8, 4) is 22.9 Å². The summed E-state index contributed by atoms with van der Waals surface area (Å²) >= 11 is 12.9. The number of rotatable bonds is 3. The maximum atomic E-state index is 12.3. The number of nitrogens with zero attached hydrogens (tertiary/aromatic N) is 3. The molecule has 3 N–H and O–H groups in total. The summed E-state index contributed by atoms with van der Waals surface area (Å²) in [6.07, 6.45) is 3.64. The molecule has 10 heteroatoms. The van der Waals surface area contributed by atoms with Gasteiger partial charge in [0.1, 0.15) is 5.75 Å². The van der Waals surface area contributed by atoms with E-state index in [4.69, 9.17) is 27.9 Å². The smallest absolute Gasteiger partial charge is 0.319 e. The molecule has 0 radical (unpaired) electrons. The minimum atomic E-state index is -0.521. The van der Waals surface area contributed by atoms with E-state index in [-0.39, 0.29) is 6.03 Å². The molecule has 1 aliphatic carbocycles. The molecular weight excluding hydrogens is 415 g/mol. The van der Waals surface area contributed by atoms with Crippen molar-refractivity contribution in [3.05, 3.63) is 45.9 Å². The highest BCUT2D eigenvalue weighted by atomic mass is 35.5. The van der Waals surface area contributed by atoms with Gasteiger partial charge in [0.15, 0.2) is 11.6 Å². The molecule has 2 amide bonds. The van der Waals surface area contributed by atoms with Gasteiger partial charge in [0.05, 0.1) is 26.8 Å². The number of tetrazole rings is 1. The van der Waals surface area contributed by atoms with E-state index in [1.54, 1.807) is 24.3 Å². The summed E-state index contributed by atoms with van der Waals surface area (Å²) in [4.78, 5) is 12.3. The fraction of sp³-hybridized carbons (Fsp3) is 0.263. The van der Waals surface area contributed by atoms with Crippen LogP contribution in [0.25, 0.3) is 11.4 Å². The number of nitrogens with one attached hydrogen (secondary N) is 3. The molecule has 0 bridgehead atoms. The second-order valence-electron chi connectivity index (χ2n) is 7.13. The molecule has 29 heavy (non-hydrogen) atoms. The second-order valence-corrected chi connectivity index (χ2v) is 7.95. The van der Waals surface area contributed by atoms with Crippen LogP contribution < -0.4 is 15.4 Å². The minimum Gasteiger partial charge on any atom is -0.455 e. The Labute approximate surface area is 175 Å². The van der Waals surface area contributed by atoms with Crippen LogP contribution in [0.5, 0.6) is 11.5 Å². The summed E-state index contributed by atoms with van der Waals surface area (Å²) in [5.74, 6) is 1.43. The van der Waals surface area contributed by atoms with Gasteiger partial charge in [-0.05, 0) is 47.5 Å². The van der Waals surface area contributed by atoms with Crippen molar-refractivity contribution in [3.63, 3.8) is 0 Å². The fourth-order valence-corrected chi connectivity index (χ4v) is 4.62. The van der Waals surface area contributed by atoms with E-state index in [0.717, 1.165) is 31.2 Å². The van der Waals surface area contributed by atoms with Crippen LogP contribution in [0.1, 0.15) is 31.2 Å². The lowest BCUT2D eigenvalue weighted by atomic mass is 9.84. The van der Waals surface area contributed by atoms with Gasteiger partial charge in [-0.15, -0.1) is 5.10 Å². The number of H-pyrrole nitrogens is 1. The predicted octanol–water partition coefficient (Wildman–Crippen LogP) is 4.87. The second kappa shape index (κ2) is 6.89. The average Bonchev–Trinajstić information content (AvgIpc) is 3.38. The van der Waals surface area contributed by atoms with Crippen molar-refractivity contribution in [2.24, 2.45) is 0 Å². The normalized spacial score (nSPS) is 17.0. The highest BCUT2D eigenvalue weighted by Gasteiger charge is 2.45. The number of amides is 2. The van der Waals surface area contributed by atoms with Gasteiger partial charge >= 0.3 is 6.03 Å². The third-order valence-electron chi connectivity index (χ3n) is 5.42. The molecule has 0 unspecified atom stereocenters. The van der Waals surface area contributed by atoms with Crippen LogP contribution in [0.2, 0.25) is 10.0 Å². The first-order valence-electron chi connectivity index (χ1n) is 9.20. The first-order valence-corrected chi connectivity index (χ1v) is 9.96. The van der Waals surface area contributed by atoms with Crippen LogP contribution in [-0.2, 0) is 5.54 Å². The number of hydrogen-bond acceptors (Lipinski definition) is 5. The third kappa shape index (κ3) is 2.99. The lowest BCUT2D eigenvalue weighted by Crippen LogP contribution is -2.50. The zero-order valence-corrected chi connectivity index (χ0v) is 16.6. The quantitative estimate of drug-likeness (QED) is 0.549. The van der Waals surface area contributed by atoms with Crippen LogP contribution in [0.3, 0.4) is 0 Å². The Kier molecular flexibility index (Phi) is 4.33. The van der Waals surface area contributed by atoms with E-state index < -0.39 is 5.54 Å². The van der Waals surface area contributed by atoms with E-state index in [9.17, 15) is 4.79 Å². The van der Waals surface area contributed by atoms with Crippen molar-refractivity contribution in [1.29, 1.82) is 0 Å². The van der Waals surface area contributed by atoms with Gasteiger partial charge in [-0.1, -0.05) is 42.1 Å². The van der Waals surface area contributed by atoms with Crippen molar-refractivity contribution < 1.29 is 9.53 Å². The molecule has 0 atom stereocenters. The Morgan fingerprint density at radius 2 is 1.90 bits per heavy atom. The zero-order chi connectivity index (χ0) is 20.0. The Morgan fingerprint density at radius 1 is 1.07 bits per heavy atom.